The monoisotopic (exact) mass is 414 g/mol. The minimum Gasteiger partial charge on any atom is -0.462 e. The van der Waals surface area contributed by atoms with Crippen molar-refractivity contribution in [1.82, 2.24) is 0 Å². The summed E-state index contributed by atoms with van der Waals surface area (Å²) in [6.07, 6.45) is 1.17. The number of esters is 1. The van der Waals surface area contributed by atoms with Crippen molar-refractivity contribution in [3.05, 3.63) is 39.1 Å². The van der Waals surface area contributed by atoms with Crippen LogP contribution in [0.15, 0.2) is 28.4 Å². The zero-order chi connectivity index (χ0) is 21.6. The van der Waals surface area contributed by atoms with E-state index in [2.05, 4.69) is 4.99 Å². The standard InChI is InChI=1S/C21H22N2O7/c1-10(2)30-21(25)18-11(3)22-13-5-4-6-15(24)20(13)19(18)12-7-16-17(29-9-28-16)8-14(12)23(26)27/h7-8,10,18-19H,4-6,9H2,1-3H3/t18?,19-/m0/s1. The summed E-state index contributed by atoms with van der Waals surface area (Å²) in [5.41, 5.74) is 1.43. The molecule has 0 radical (unpaired) electrons. The van der Waals surface area contributed by atoms with Gasteiger partial charge in [0.15, 0.2) is 17.3 Å². The third-order valence-electron chi connectivity index (χ3n) is 5.49. The maximum absolute atomic E-state index is 13.0. The molecule has 0 spiro atoms. The fraction of sp³-hybridized carbons (Fsp3) is 0.476. The fourth-order valence-electron chi connectivity index (χ4n) is 4.31. The van der Waals surface area contributed by atoms with E-state index in [1.54, 1.807) is 20.8 Å². The second-order valence-electron chi connectivity index (χ2n) is 7.85. The Morgan fingerprint density at radius 2 is 1.97 bits per heavy atom. The summed E-state index contributed by atoms with van der Waals surface area (Å²) >= 11 is 0. The predicted molar refractivity (Wildman–Crippen MR) is 106 cm³/mol. The van der Waals surface area contributed by atoms with E-state index in [1.165, 1.54) is 12.1 Å². The molecule has 30 heavy (non-hydrogen) atoms. The van der Waals surface area contributed by atoms with Crippen LogP contribution in [0, 0.1) is 16.0 Å². The van der Waals surface area contributed by atoms with Crippen LogP contribution in [0.1, 0.15) is 51.5 Å². The molecule has 3 aliphatic rings. The topological polar surface area (TPSA) is 117 Å². The highest BCUT2D eigenvalue weighted by atomic mass is 16.7. The number of carbonyl (C=O) groups excluding carboxylic acids is 2. The minimum absolute atomic E-state index is 0.0488. The van der Waals surface area contributed by atoms with Crippen molar-refractivity contribution in [3.8, 4) is 11.5 Å². The molecule has 2 heterocycles. The second-order valence-corrected chi connectivity index (χ2v) is 7.85. The number of nitro groups is 1. The van der Waals surface area contributed by atoms with Gasteiger partial charge in [-0.3, -0.25) is 24.7 Å². The Morgan fingerprint density at radius 1 is 1.27 bits per heavy atom. The number of allylic oxidation sites excluding steroid dienone is 2. The first-order valence-electron chi connectivity index (χ1n) is 9.87. The first-order chi connectivity index (χ1) is 14.3. The van der Waals surface area contributed by atoms with Crippen molar-refractivity contribution in [3.63, 3.8) is 0 Å². The van der Waals surface area contributed by atoms with Crippen LogP contribution in [-0.2, 0) is 14.3 Å². The van der Waals surface area contributed by atoms with Crippen molar-refractivity contribution in [2.45, 2.75) is 52.1 Å². The van der Waals surface area contributed by atoms with E-state index in [9.17, 15) is 19.7 Å². The number of benzene rings is 1. The molecule has 0 bridgehead atoms. The van der Waals surface area contributed by atoms with Gasteiger partial charge in [-0.25, -0.2) is 0 Å². The van der Waals surface area contributed by atoms with E-state index >= 15 is 0 Å². The summed E-state index contributed by atoms with van der Waals surface area (Å²) in [4.78, 5) is 41.9. The summed E-state index contributed by atoms with van der Waals surface area (Å²) in [6, 6.07) is 2.79. The van der Waals surface area contributed by atoms with E-state index in [0.29, 0.717) is 42.0 Å². The van der Waals surface area contributed by atoms with Crippen molar-refractivity contribution in [2.75, 3.05) is 6.79 Å². The van der Waals surface area contributed by atoms with Gasteiger partial charge in [-0.15, -0.1) is 0 Å². The highest BCUT2D eigenvalue weighted by Gasteiger charge is 2.46. The third kappa shape index (κ3) is 3.34. The van der Waals surface area contributed by atoms with Gasteiger partial charge >= 0.3 is 5.97 Å². The molecule has 1 aromatic rings. The Labute approximate surface area is 172 Å². The molecule has 158 valence electrons. The molecule has 1 unspecified atom stereocenters. The maximum atomic E-state index is 13.0. The maximum Gasteiger partial charge on any atom is 0.315 e. The number of hydrogen-bond donors (Lipinski definition) is 0. The molecule has 0 aromatic heterocycles. The van der Waals surface area contributed by atoms with Gasteiger partial charge in [-0.1, -0.05) is 0 Å². The molecular formula is C21H22N2O7. The number of aliphatic imine (C=N–C) groups is 1. The molecule has 9 nitrogen and oxygen atoms in total. The first-order valence-corrected chi connectivity index (χ1v) is 9.87. The van der Waals surface area contributed by atoms with Gasteiger partial charge in [0, 0.05) is 34.9 Å². The summed E-state index contributed by atoms with van der Waals surface area (Å²) in [7, 11) is 0. The van der Waals surface area contributed by atoms with Crippen LogP contribution in [0.2, 0.25) is 0 Å². The van der Waals surface area contributed by atoms with E-state index in [4.69, 9.17) is 14.2 Å². The number of fused-ring (bicyclic) bond motifs is 1. The van der Waals surface area contributed by atoms with Crippen LogP contribution >= 0.6 is 0 Å². The number of hydrogen-bond acceptors (Lipinski definition) is 8. The molecular weight excluding hydrogens is 392 g/mol. The van der Waals surface area contributed by atoms with Crippen LogP contribution in [0.3, 0.4) is 0 Å². The molecule has 0 fully saturated rings. The lowest BCUT2D eigenvalue weighted by molar-refractivity contribution is -0.385. The van der Waals surface area contributed by atoms with Gasteiger partial charge in [0.25, 0.3) is 5.69 Å². The van der Waals surface area contributed by atoms with Crippen LogP contribution < -0.4 is 9.47 Å². The highest BCUT2D eigenvalue weighted by Crippen LogP contribution is 2.49. The zero-order valence-corrected chi connectivity index (χ0v) is 17.0. The third-order valence-corrected chi connectivity index (χ3v) is 5.49. The lowest BCUT2D eigenvalue weighted by Crippen LogP contribution is -2.38. The Kier molecular flexibility index (Phi) is 5.05. The van der Waals surface area contributed by atoms with Crippen LogP contribution in [-0.4, -0.2) is 35.3 Å². The Hall–Kier alpha value is -3.23. The largest absolute Gasteiger partial charge is 0.462 e. The lowest BCUT2D eigenvalue weighted by Gasteiger charge is -2.34. The summed E-state index contributed by atoms with van der Waals surface area (Å²) in [5.74, 6) is -1.91. The SMILES string of the molecule is CC1=NC2=C(C(=O)CCC2)[C@@H](c2cc3c(cc2[N+](=O)[O-])OCO3)C1C(=O)OC(C)C. The van der Waals surface area contributed by atoms with Crippen LogP contribution in [0.4, 0.5) is 5.69 Å². The smallest absolute Gasteiger partial charge is 0.315 e. The number of Topliss-reactive ketones (excluding diaryl/α,β-unsaturated/α-hetero) is 1. The molecule has 1 aromatic carbocycles. The van der Waals surface area contributed by atoms with E-state index in [-0.39, 0.29) is 35.7 Å². The molecule has 0 saturated carbocycles. The summed E-state index contributed by atoms with van der Waals surface area (Å²) in [5, 5.41) is 11.9. The summed E-state index contributed by atoms with van der Waals surface area (Å²) in [6.45, 7) is 5.09. The van der Waals surface area contributed by atoms with Crippen molar-refractivity contribution >= 4 is 23.2 Å². The van der Waals surface area contributed by atoms with Gasteiger partial charge in [-0.05, 0) is 39.7 Å². The fourth-order valence-corrected chi connectivity index (χ4v) is 4.31. The number of rotatable bonds is 4. The van der Waals surface area contributed by atoms with Crippen LogP contribution in [0.5, 0.6) is 11.5 Å². The zero-order valence-electron chi connectivity index (χ0n) is 17.0. The van der Waals surface area contributed by atoms with Crippen molar-refractivity contribution in [2.24, 2.45) is 10.9 Å². The molecule has 1 aliphatic carbocycles. The van der Waals surface area contributed by atoms with Crippen molar-refractivity contribution in [1.29, 1.82) is 0 Å². The number of carbonyl (C=O) groups is 2. The van der Waals surface area contributed by atoms with Crippen molar-refractivity contribution < 1.29 is 28.7 Å². The number of nitrogens with zero attached hydrogens (tertiary/aromatic N) is 2. The second kappa shape index (κ2) is 7.55. The number of nitro benzene ring substituents is 1. The minimum atomic E-state index is -0.938. The molecule has 4 rings (SSSR count). The predicted octanol–water partition coefficient (Wildman–Crippen LogP) is 3.46. The molecule has 2 atom stereocenters. The molecule has 0 amide bonds. The number of ketones is 1. The Morgan fingerprint density at radius 3 is 2.63 bits per heavy atom. The van der Waals surface area contributed by atoms with E-state index < -0.39 is 22.7 Å². The first kappa shape index (κ1) is 20.1. The normalized spacial score (nSPS) is 22.7. The van der Waals surface area contributed by atoms with Gasteiger partial charge in [0.2, 0.25) is 6.79 Å². The summed E-state index contributed by atoms with van der Waals surface area (Å²) < 4.78 is 16.1. The van der Waals surface area contributed by atoms with E-state index in [1.807, 2.05) is 0 Å². The molecule has 0 saturated heterocycles. The molecule has 2 aliphatic heterocycles. The van der Waals surface area contributed by atoms with E-state index in [0.717, 1.165) is 0 Å². The quantitative estimate of drug-likeness (QED) is 0.421. The number of ether oxygens (including phenoxy) is 3. The molecule has 9 heteroatoms. The highest BCUT2D eigenvalue weighted by molar-refractivity contribution is 6.09. The van der Waals surface area contributed by atoms with Gasteiger partial charge < -0.3 is 14.2 Å². The van der Waals surface area contributed by atoms with Crippen LogP contribution in [0.25, 0.3) is 0 Å². The lowest BCUT2D eigenvalue weighted by atomic mass is 9.71. The average molecular weight is 414 g/mol. The van der Waals surface area contributed by atoms with Gasteiger partial charge in [-0.2, -0.15) is 0 Å². The Bertz CT molecular complexity index is 1010. The molecule has 0 N–H and O–H groups in total. The Balaban J connectivity index is 1.94. The average Bonchev–Trinajstić information content (AvgIpc) is 3.12. The van der Waals surface area contributed by atoms with Gasteiger partial charge in [0.05, 0.1) is 17.1 Å². The van der Waals surface area contributed by atoms with Gasteiger partial charge in [0.1, 0.15) is 5.92 Å².